The van der Waals surface area contributed by atoms with E-state index in [4.69, 9.17) is 0 Å². The summed E-state index contributed by atoms with van der Waals surface area (Å²) in [5, 5.41) is 0. The van der Waals surface area contributed by atoms with E-state index in [1.165, 1.54) is 65.6 Å². The molecular weight excluding hydrogens is 340 g/mol. The Labute approximate surface area is 171 Å². The number of unbranched alkanes of at least 4 members (excludes halogenated alkanes) is 3. The predicted molar refractivity (Wildman–Crippen MR) is 124 cm³/mol. The Morgan fingerprint density at radius 3 is 2.46 bits per heavy atom. The fourth-order valence-corrected chi connectivity index (χ4v) is 3.78. The number of hydrogen-bond donors (Lipinski definition) is 0. The van der Waals surface area contributed by atoms with Crippen LogP contribution in [0.4, 0.5) is 5.69 Å². The van der Waals surface area contributed by atoms with Crippen molar-refractivity contribution in [1.29, 1.82) is 0 Å². The molecule has 1 aliphatic heterocycles. The first-order valence-electron chi connectivity index (χ1n) is 10.5. The third kappa shape index (κ3) is 5.51. The van der Waals surface area contributed by atoms with Crippen molar-refractivity contribution in [2.24, 2.45) is 0 Å². The second-order valence-corrected chi connectivity index (χ2v) is 8.23. The number of fused-ring (bicyclic) bond motifs is 1. The molecule has 2 heteroatoms. The smallest absolute Gasteiger partial charge is 0.0426 e. The van der Waals surface area contributed by atoms with Crippen LogP contribution in [0.1, 0.15) is 50.2 Å². The standard InChI is InChI=1S/C26H34N2/c1-21(2)9-7-5-6-8-17-28(4)26-14-12-22(13-15-26)24-11-10-23-16-18-27(3)20-25(23)19-24/h10-16,18-19H,1,5-9,17,20H2,2-4H3. The molecule has 0 aromatic heterocycles. The summed E-state index contributed by atoms with van der Waals surface area (Å²) in [7, 11) is 4.32. The highest BCUT2D eigenvalue weighted by atomic mass is 15.1. The maximum Gasteiger partial charge on any atom is 0.0426 e. The summed E-state index contributed by atoms with van der Waals surface area (Å²) in [6, 6.07) is 15.8. The summed E-state index contributed by atoms with van der Waals surface area (Å²) in [4.78, 5) is 4.60. The summed E-state index contributed by atoms with van der Waals surface area (Å²) in [5.41, 5.74) is 7.92. The molecule has 1 heterocycles. The molecule has 0 radical (unpaired) electrons. The number of allylic oxidation sites excluding steroid dienone is 1. The Kier molecular flexibility index (Phi) is 6.97. The molecule has 0 saturated heterocycles. The molecule has 0 bridgehead atoms. The van der Waals surface area contributed by atoms with Crippen LogP contribution in [-0.4, -0.2) is 25.5 Å². The average molecular weight is 375 g/mol. The second kappa shape index (κ2) is 9.64. The van der Waals surface area contributed by atoms with Crippen molar-refractivity contribution in [1.82, 2.24) is 4.90 Å². The lowest BCUT2D eigenvalue weighted by Crippen LogP contribution is -2.18. The van der Waals surface area contributed by atoms with Crippen molar-refractivity contribution in [3.63, 3.8) is 0 Å². The summed E-state index contributed by atoms with van der Waals surface area (Å²) >= 11 is 0. The molecule has 2 aromatic carbocycles. The van der Waals surface area contributed by atoms with Gasteiger partial charge in [-0.2, -0.15) is 0 Å². The number of anilines is 1. The van der Waals surface area contributed by atoms with Crippen LogP contribution >= 0.6 is 0 Å². The van der Waals surface area contributed by atoms with E-state index in [0.717, 1.165) is 13.1 Å². The highest BCUT2D eigenvalue weighted by Crippen LogP contribution is 2.28. The molecule has 0 atom stereocenters. The molecule has 0 amide bonds. The maximum atomic E-state index is 3.98. The van der Waals surface area contributed by atoms with Crippen molar-refractivity contribution < 1.29 is 0 Å². The van der Waals surface area contributed by atoms with E-state index in [1.807, 2.05) is 0 Å². The van der Waals surface area contributed by atoms with E-state index >= 15 is 0 Å². The zero-order valence-electron chi connectivity index (χ0n) is 17.7. The maximum absolute atomic E-state index is 3.98. The van der Waals surface area contributed by atoms with Crippen molar-refractivity contribution in [3.05, 3.63) is 71.9 Å². The lowest BCUT2D eigenvalue weighted by molar-refractivity contribution is 0.448. The minimum absolute atomic E-state index is 0.979. The second-order valence-electron chi connectivity index (χ2n) is 8.23. The van der Waals surface area contributed by atoms with Crippen LogP contribution in [-0.2, 0) is 6.54 Å². The van der Waals surface area contributed by atoms with Crippen molar-refractivity contribution >= 4 is 11.8 Å². The third-order valence-corrected chi connectivity index (χ3v) is 5.56. The van der Waals surface area contributed by atoms with E-state index in [1.54, 1.807) is 0 Å². The molecule has 0 N–H and O–H groups in total. The van der Waals surface area contributed by atoms with Gasteiger partial charge in [-0.25, -0.2) is 0 Å². The molecule has 28 heavy (non-hydrogen) atoms. The summed E-state index contributed by atoms with van der Waals surface area (Å²) in [5.74, 6) is 0. The van der Waals surface area contributed by atoms with Crippen LogP contribution < -0.4 is 4.90 Å². The SMILES string of the molecule is C=C(C)CCCCCCN(C)c1ccc(-c2ccc3c(c2)CN(C)C=C3)cc1. The van der Waals surface area contributed by atoms with E-state index in [2.05, 4.69) is 92.1 Å². The van der Waals surface area contributed by atoms with Crippen molar-refractivity contribution in [3.8, 4) is 11.1 Å². The largest absolute Gasteiger partial charge is 0.376 e. The van der Waals surface area contributed by atoms with E-state index in [0.29, 0.717) is 0 Å². The number of rotatable bonds is 9. The van der Waals surface area contributed by atoms with Gasteiger partial charge in [0.1, 0.15) is 0 Å². The fraction of sp³-hybridized carbons (Fsp3) is 0.385. The zero-order valence-corrected chi connectivity index (χ0v) is 17.7. The number of benzene rings is 2. The molecule has 0 saturated carbocycles. The first-order chi connectivity index (χ1) is 13.5. The average Bonchev–Trinajstić information content (AvgIpc) is 2.69. The van der Waals surface area contributed by atoms with Gasteiger partial charge in [-0.15, -0.1) is 6.58 Å². The Morgan fingerprint density at radius 2 is 1.71 bits per heavy atom. The van der Waals surface area contributed by atoms with Crippen LogP contribution in [0.5, 0.6) is 0 Å². The van der Waals surface area contributed by atoms with Gasteiger partial charge in [-0.1, -0.05) is 42.7 Å². The molecule has 148 valence electrons. The van der Waals surface area contributed by atoms with Crippen LogP contribution in [0.2, 0.25) is 0 Å². The Morgan fingerprint density at radius 1 is 1.00 bits per heavy atom. The molecule has 0 aliphatic carbocycles. The Hall–Kier alpha value is -2.48. The van der Waals surface area contributed by atoms with Gasteiger partial charge in [0.2, 0.25) is 0 Å². The number of nitrogens with zero attached hydrogens (tertiary/aromatic N) is 2. The van der Waals surface area contributed by atoms with Crippen LogP contribution in [0.15, 0.2) is 60.8 Å². The highest BCUT2D eigenvalue weighted by Gasteiger charge is 2.09. The molecule has 0 spiro atoms. The van der Waals surface area contributed by atoms with Gasteiger partial charge >= 0.3 is 0 Å². The van der Waals surface area contributed by atoms with Gasteiger partial charge in [0.05, 0.1) is 0 Å². The van der Waals surface area contributed by atoms with Gasteiger partial charge in [-0.05, 0) is 78.9 Å². The molecule has 3 rings (SSSR count). The summed E-state index contributed by atoms with van der Waals surface area (Å²) < 4.78 is 0. The Bertz CT molecular complexity index is 817. The number of hydrogen-bond acceptors (Lipinski definition) is 2. The summed E-state index contributed by atoms with van der Waals surface area (Å²) in [6.07, 6.45) is 10.6. The van der Waals surface area contributed by atoms with Gasteiger partial charge in [0, 0.05) is 32.9 Å². The van der Waals surface area contributed by atoms with Gasteiger partial charge in [0.25, 0.3) is 0 Å². The molecule has 1 aliphatic rings. The van der Waals surface area contributed by atoms with Gasteiger partial charge < -0.3 is 9.80 Å². The minimum Gasteiger partial charge on any atom is -0.376 e. The van der Waals surface area contributed by atoms with Crippen molar-refractivity contribution in [2.45, 2.75) is 45.6 Å². The van der Waals surface area contributed by atoms with E-state index in [9.17, 15) is 0 Å². The van der Waals surface area contributed by atoms with E-state index in [-0.39, 0.29) is 0 Å². The quantitative estimate of drug-likeness (QED) is 0.354. The minimum atomic E-state index is 0.979. The van der Waals surface area contributed by atoms with E-state index < -0.39 is 0 Å². The summed E-state index contributed by atoms with van der Waals surface area (Å²) in [6.45, 7) is 8.20. The Balaban J connectivity index is 1.54. The molecular formula is C26H34N2. The lowest BCUT2D eigenvalue weighted by Gasteiger charge is -2.22. The normalized spacial score (nSPS) is 12.8. The van der Waals surface area contributed by atoms with Crippen LogP contribution in [0.3, 0.4) is 0 Å². The molecule has 0 fully saturated rings. The first kappa shape index (κ1) is 20.3. The predicted octanol–water partition coefficient (Wildman–Crippen LogP) is 6.73. The molecule has 2 aromatic rings. The van der Waals surface area contributed by atoms with Crippen molar-refractivity contribution in [2.75, 3.05) is 25.5 Å². The monoisotopic (exact) mass is 374 g/mol. The first-order valence-corrected chi connectivity index (χ1v) is 10.5. The van der Waals surface area contributed by atoms with Gasteiger partial charge in [0.15, 0.2) is 0 Å². The molecule has 2 nitrogen and oxygen atoms in total. The third-order valence-electron chi connectivity index (χ3n) is 5.56. The lowest BCUT2D eigenvalue weighted by atomic mass is 9.97. The van der Waals surface area contributed by atoms with Crippen LogP contribution in [0, 0.1) is 0 Å². The van der Waals surface area contributed by atoms with Crippen LogP contribution in [0.25, 0.3) is 17.2 Å². The fourth-order valence-electron chi connectivity index (χ4n) is 3.78. The topological polar surface area (TPSA) is 6.48 Å². The highest BCUT2D eigenvalue weighted by molar-refractivity contribution is 5.70. The zero-order chi connectivity index (χ0) is 19.9. The van der Waals surface area contributed by atoms with Gasteiger partial charge in [-0.3, -0.25) is 0 Å². The molecule has 0 unspecified atom stereocenters.